The predicted molar refractivity (Wildman–Crippen MR) is 118 cm³/mol. The van der Waals surface area contributed by atoms with Gasteiger partial charge < -0.3 is 10.2 Å². The van der Waals surface area contributed by atoms with Crippen molar-refractivity contribution in [1.82, 2.24) is 25.1 Å². The van der Waals surface area contributed by atoms with E-state index in [0.717, 1.165) is 40.8 Å². The number of aromatic nitrogens is 4. The van der Waals surface area contributed by atoms with Gasteiger partial charge in [0.1, 0.15) is 0 Å². The number of aromatic amines is 1. The molecule has 3 heterocycles. The van der Waals surface area contributed by atoms with Gasteiger partial charge in [-0.2, -0.15) is 5.10 Å². The molecule has 3 aromatic rings. The largest absolute Gasteiger partial charge is 0.370 e. The first-order valence-corrected chi connectivity index (χ1v) is 9.81. The van der Waals surface area contributed by atoms with Crippen LogP contribution < -0.4 is 5.32 Å². The van der Waals surface area contributed by atoms with Crippen LogP contribution in [0.3, 0.4) is 0 Å². The number of anilines is 1. The maximum Gasteiger partial charge on any atom is 0.277 e. The van der Waals surface area contributed by atoms with Gasteiger partial charge in [-0.05, 0) is 55.8 Å². The highest BCUT2D eigenvalue weighted by atomic mass is 16.2. The molecule has 1 fully saturated rings. The number of fused-ring (bicyclic) bond motifs is 1. The highest BCUT2D eigenvalue weighted by Crippen LogP contribution is 2.25. The van der Waals surface area contributed by atoms with Gasteiger partial charge in [-0.25, -0.2) is 4.98 Å². The number of nitrogens with zero attached hydrogens (tertiary/aromatic N) is 5. The molecule has 8 nitrogen and oxygen atoms in total. The third-order valence-electron chi connectivity index (χ3n) is 5.10. The van der Waals surface area contributed by atoms with Crippen LogP contribution in [0.4, 0.5) is 5.82 Å². The topological polar surface area (TPSA) is 99.2 Å². The van der Waals surface area contributed by atoms with Crippen LogP contribution in [0.15, 0.2) is 59.8 Å². The normalized spacial score (nSPS) is 14.9. The first kappa shape index (κ1) is 19.5. The van der Waals surface area contributed by atoms with Crippen LogP contribution in [0.2, 0.25) is 0 Å². The van der Waals surface area contributed by atoms with E-state index in [0.29, 0.717) is 11.5 Å². The highest BCUT2D eigenvalue weighted by Gasteiger charge is 2.17. The van der Waals surface area contributed by atoms with E-state index in [1.165, 1.54) is 25.2 Å². The summed E-state index contributed by atoms with van der Waals surface area (Å²) < 4.78 is 0. The number of carbonyl (C=O) groups excluding carboxylic acids is 1. The third kappa shape index (κ3) is 4.12. The number of aliphatic imine (C=N–C) groups is 1. The van der Waals surface area contributed by atoms with Crippen molar-refractivity contribution < 1.29 is 4.79 Å². The molecule has 0 aliphatic carbocycles. The SMILES string of the molecule is C=N/C=C(\C=C(/C)c1ccc2[nH]nc(C(=O)Nc3cnccn3)c2c1)N1CCCC1. The van der Waals surface area contributed by atoms with E-state index in [1.54, 1.807) is 12.4 Å². The molecule has 4 rings (SSSR count). The zero-order chi connectivity index (χ0) is 20.9. The summed E-state index contributed by atoms with van der Waals surface area (Å²) in [5, 5.41) is 10.6. The summed E-state index contributed by atoms with van der Waals surface area (Å²) in [4.78, 5) is 27.0. The summed E-state index contributed by atoms with van der Waals surface area (Å²) >= 11 is 0. The van der Waals surface area contributed by atoms with Crippen LogP contribution in [0.1, 0.15) is 35.8 Å². The Labute approximate surface area is 174 Å². The number of rotatable bonds is 6. The molecule has 0 radical (unpaired) electrons. The van der Waals surface area contributed by atoms with E-state index in [2.05, 4.69) is 48.2 Å². The first-order chi connectivity index (χ1) is 14.7. The molecular formula is C22H23N7O. The average molecular weight is 401 g/mol. The van der Waals surface area contributed by atoms with Crippen LogP contribution in [-0.4, -0.2) is 50.8 Å². The van der Waals surface area contributed by atoms with Crippen molar-refractivity contribution in [1.29, 1.82) is 0 Å². The number of allylic oxidation sites excluding steroid dienone is 2. The lowest BCUT2D eigenvalue weighted by atomic mass is 10.0. The van der Waals surface area contributed by atoms with E-state index in [1.807, 2.05) is 25.1 Å². The van der Waals surface area contributed by atoms with Crippen LogP contribution in [-0.2, 0) is 0 Å². The molecule has 0 bridgehead atoms. The Kier molecular flexibility index (Phi) is 5.65. The lowest BCUT2D eigenvalue weighted by molar-refractivity contribution is 0.102. The molecule has 1 amide bonds. The zero-order valence-electron chi connectivity index (χ0n) is 16.8. The minimum absolute atomic E-state index is 0.313. The lowest BCUT2D eigenvalue weighted by Crippen LogP contribution is -2.17. The Balaban J connectivity index is 1.64. The fraction of sp³-hybridized carbons (Fsp3) is 0.227. The van der Waals surface area contributed by atoms with E-state index in [9.17, 15) is 4.79 Å². The minimum atomic E-state index is -0.339. The Hall–Kier alpha value is -3.81. The van der Waals surface area contributed by atoms with Gasteiger partial charge >= 0.3 is 0 Å². The second kappa shape index (κ2) is 8.69. The van der Waals surface area contributed by atoms with Gasteiger partial charge in [-0.15, -0.1) is 0 Å². The van der Waals surface area contributed by atoms with Gasteiger partial charge in [0.2, 0.25) is 0 Å². The van der Waals surface area contributed by atoms with E-state index in [4.69, 9.17) is 0 Å². The van der Waals surface area contributed by atoms with Gasteiger partial charge in [0.15, 0.2) is 11.5 Å². The molecule has 0 spiro atoms. The van der Waals surface area contributed by atoms with Crippen molar-refractivity contribution in [2.45, 2.75) is 19.8 Å². The molecule has 2 N–H and O–H groups in total. The molecule has 1 aliphatic heterocycles. The molecule has 1 saturated heterocycles. The number of hydrogen-bond donors (Lipinski definition) is 2. The third-order valence-corrected chi connectivity index (χ3v) is 5.10. The fourth-order valence-corrected chi connectivity index (χ4v) is 3.56. The van der Waals surface area contributed by atoms with Crippen molar-refractivity contribution in [3.8, 4) is 0 Å². The molecule has 0 saturated carbocycles. The fourth-order valence-electron chi connectivity index (χ4n) is 3.56. The highest BCUT2D eigenvalue weighted by molar-refractivity contribution is 6.11. The van der Waals surface area contributed by atoms with Gasteiger partial charge in [0.05, 0.1) is 17.4 Å². The Morgan fingerprint density at radius 3 is 2.87 bits per heavy atom. The number of hydrogen-bond acceptors (Lipinski definition) is 6. The minimum Gasteiger partial charge on any atom is -0.370 e. The lowest BCUT2D eigenvalue weighted by Gasteiger charge is -2.19. The number of benzene rings is 1. The number of H-pyrrole nitrogens is 1. The van der Waals surface area contributed by atoms with E-state index >= 15 is 0 Å². The summed E-state index contributed by atoms with van der Waals surface area (Å²) in [7, 11) is 0. The van der Waals surface area contributed by atoms with Crippen LogP contribution >= 0.6 is 0 Å². The Morgan fingerprint density at radius 1 is 1.30 bits per heavy atom. The van der Waals surface area contributed by atoms with Gasteiger partial charge in [-0.1, -0.05) is 6.07 Å². The molecule has 8 heteroatoms. The number of carbonyl (C=O) groups is 1. The molecular weight excluding hydrogens is 378 g/mol. The van der Waals surface area contributed by atoms with Crippen molar-refractivity contribution in [2.75, 3.05) is 18.4 Å². The molecule has 30 heavy (non-hydrogen) atoms. The summed E-state index contributed by atoms with van der Waals surface area (Å²) in [6, 6.07) is 5.91. The predicted octanol–water partition coefficient (Wildman–Crippen LogP) is 3.65. The first-order valence-electron chi connectivity index (χ1n) is 9.81. The van der Waals surface area contributed by atoms with Crippen molar-refractivity contribution in [3.63, 3.8) is 0 Å². The van der Waals surface area contributed by atoms with Crippen molar-refractivity contribution >= 4 is 34.9 Å². The molecule has 0 atom stereocenters. The average Bonchev–Trinajstić information content (AvgIpc) is 3.43. The van der Waals surface area contributed by atoms with Crippen molar-refractivity contribution in [3.05, 3.63) is 66.0 Å². The maximum atomic E-state index is 12.7. The quantitative estimate of drug-likeness (QED) is 0.485. The van der Waals surface area contributed by atoms with Gasteiger partial charge in [0.25, 0.3) is 5.91 Å². The summed E-state index contributed by atoms with van der Waals surface area (Å²) in [5.74, 6) is 0.0391. The van der Waals surface area contributed by atoms with Crippen LogP contribution in [0.25, 0.3) is 16.5 Å². The zero-order valence-corrected chi connectivity index (χ0v) is 16.8. The summed E-state index contributed by atoms with van der Waals surface area (Å²) in [5.41, 5.74) is 4.23. The van der Waals surface area contributed by atoms with E-state index < -0.39 is 0 Å². The monoisotopic (exact) mass is 401 g/mol. The molecule has 152 valence electrons. The van der Waals surface area contributed by atoms with Crippen LogP contribution in [0.5, 0.6) is 0 Å². The Bertz CT molecular complexity index is 1120. The summed E-state index contributed by atoms with van der Waals surface area (Å²) in [6.07, 6.45) is 10.8. The maximum absolute atomic E-state index is 12.7. The number of amides is 1. The molecule has 1 aliphatic rings. The standard InChI is InChI=1S/C22H23N7O/c1-15(11-17(13-23-2)29-9-3-4-10-29)16-5-6-19-18(12-16)21(28-27-19)22(30)26-20-14-24-7-8-25-20/h5-8,11-14H,2-4,9-10H2,1H3,(H,27,28)(H,25,26,30)/b15-11+,17-13+. The summed E-state index contributed by atoms with van der Waals surface area (Å²) in [6.45, 7) is 7.70. The number of nitrogens with one attached hydrogen (secondary N) is 2. The molecule has 0 unspecified atom stereocenters. The van der Waals surface area contributed by atoms with Gasteiger partial charge in [-0.3, -0.25) is 19.9 Å². The second-order valence-electron chi connectivity index (χ2n) is 7.14. The smallest absolute Gasteiger partial charge is 0.277 e. The molecule has 2 aromatic heterocycles. The number of likely N-dealkylation sites (tertiary alicyclic amines) is 1. The van der Waals surface area contributed by atoms with Crippen molar-refractivity contribution in [2.24, 2.45) is 4.99 Å². The van der Waals surface area contributed by atoms with Crippen LogP contribution in [0, 0.1) is 0 Å². The molecule has 1 aromatic carbocycles. The van der Waals surface area contributed by atoms with E-state index in [-0.39, 0.29) is 5.91 Å². The van der Waals surface area contributed by atoms with Gasteiger partial charge in [0, 0.05) is 37.1 Å². The second-order valence-corrected chi connectivity index (χ2v) is 7.14. The Morgan fingerprint density at radius 2 is 2.13 bits per heavy atom.